The van der Waals surface area contributed by atoms with Crippen LogP contribution in [0.4, 0.5) is 0 Å². The molecule has 0 heterocycles. The first-order valence-corrected chi connectivity index (χ1v) is 2.80. The summed E-state index contributed by atoms with van der Waals surface area (Å²) in [5.41, 5.74) is 4.42. The molecule has 0 saturated heterocycles. The van der Waals surface area contributed by atoms with Crippen LogP contribution in [0.3, 0.4) is 0 Å². The van der Waals surface area contributed by atoms with E-state index < -0.39 is 8.60 Å². The summed E-state index contributed by atoms with van der Waals surface area (Å²) in [6, 6.07) is 0. The highest BCUT2D eigenvalue weighted by molar-refractivity contribution is 7.38. The fraction of sp³-hybridized carbons (Fsp3) is 0. The van der Waals surface area contributed by atoms with Crippen molar-refractivity contribution < 1.29 is 14.7 Å². The number of nitrogens with two attached hydrogens (primary N) is 1. The van der Waals surface area contributed by atoms with Gasteiger partial charge in [0.1, 0.15) is 0 Å². The predicted octanol–water partition coefficient (Wildman–Crippen LogP) is -1.07. The lowest BCUT2D eigenvalue weighted by Gasteiger charge is -1.76. The van der Waals surface area contributed by atoms with Crippen molar-refractivity contribution in [1.29, 1.82) is 0 Å². The lowest BCUT2D eigenvalue weighted by Crippen LogP contribution is -1.54. The first-order chi connectivity index (χ1) is 2.73. The summed E-state index contributed by atoms with van der Waals surface area (Å²) in [6.45, 7) is 0. The summed E-state index contributed by atoms with van der Waals surface area (Å²) in [5, 5.41) is 0. The van der Waals surface area contributed by atoms with Gasteiger partial charge in [-0.25, -0.2) is 0 Å². The second kappa shape index (κ2) is 9.20. The van der Waals surface area contributed by atoms with Crippen molar-refractivity contribution in [3.8, 4) is 0 Å². The molecular weight excluding hydrogens is 124 g/mol. The van der Waals surface area contributed by atoms with E-state index in [9.17, 15) is 0 Å². The van der Waals surface area contributed by atoms with Crippen LogP contribution in [-0.4, -0.2) is 14.7 Å². The summed E-state index contributed by atoms with van der Waals surface area (Å²) in [5.74, 6) is 0. The average Bonchev–Trinajstić information content (AvgIpc) is 1.41. The first-order valence-electron chi connectivity index (χ1n) is 0.933. The van der Waals surface area contributed by atoms with Crippen molar-refractivity contribution in [2.24, 2.45) is 5.50 Å². The quantitative estimate of drug-likeness (QED) is 0.315. The zero-order valence-electron chi connectivity index (χ0n) is 2.94. The van der Waals surface area contributed by atoms with Gasteiger partial charge in [-0.15, -0.1) is 0 Å². The predicted molar refractivity (Wildman–Crippen MR) is 27.5 cm³/mol. The van der Waals surface area contributed by atoms with Gasteiger partial charge in [-0.2, -0.15) is 0 Å². The van der Waals surface area contributed by atoms with Gasteiger partial charge in [0, 0.05) is 0 Å². The molecule has 0 saturated carbocycles. The second-order valence-corrected chi connectivity index (χ2v) is 0.805. The molecule has 40 valence electrons. The fourth-order valence-corrected chi connectivity index (χ4v) is 0. The van der Waals surface area contributed by atoms with E-state index in [1.165, 1.54) is 0 Å². The van der Waals surface area contributed by atoms with Gasteiger partial charge >= 0.3 is 8.60 Å². The van der Waals surface area contributed by atoms with Crippen molar-refractivity contribution in [1.82, 2.24) is 0 Å². The molecule has 0 fully saturated rings. The normalized spacial score (nSPS) is 7.00. The summed E-state index contributed by atoms with van der Waals surface area (Å²) in [4.78, 5) is 21.7. The van der Waals surface area contributed by atoms with E-state index in [-0.39, 0.29) is 0 Å². The highest BCUT2D eigenvalue weighted by atomic mass is 31.2. The molecule has 4 nitrogen and oxygen atoms in total. The largest absolute Gasteiger partial charge is 0.328 e. The summed E-state index contributed by atoms with van der Waals surface area (Å²) < 4.78 is 0. The van der Waals surface area contributed by atoms with E-state index in [0.717, 1.165) is 0 Å². The molecule has 0 rings (SSSR count). The van der Waals surface area contributed by atoms with E-state index in [2.05, 4.69) is 5.50 Å². The highest BCUT2D eigenvalue weighted by Gasteiger charge is 1.76. The zero-order valence-corrected chi connectivity index (χ0v) is 4.99. The third-order valence-electron chi connectivity index (χ3n) is 0. The molecular formula is H7NO3P2. The molecule has 0 aromatic heterocycles. The Morgan fingerprint density at radius 2 is 1.17 bits per heavy atom. The summed E-state index contributed by atoms with van der Waals surface area (Å²) >= 11 is 0. The molecule has 0 aliphatic carbocycles. The molecule has 0 radical (unpaired) electrons. The first kappa shape index (κ1) is 9.85. The molecule has 5 N–H and O–H groups in total. The maximum Gasteiger partial charge on any atom is 0.324 e. The minimum atomic E-state index is -2.62. The molecule has 0 aromatic carbocycles. The topological polar surface area (TPSA) is 86.7 Å². The van der Waals surface area contributed by atoms with Crippen molar-refractivity contribution in [2.45, 2.75) is 0 Å². The Bertz CT molecular complexity index is 13.5. The van der Waals surface area contributed by atoms with Gasteiger partial charge in [-0.1, -0.05) is 9.39 Å². The standard InChI is InChI=1S/H4NP.H3O3P/c1-2;1-4(2)3/h1-2H2;1-3H. The molecule has 1 atom stereocenters. The highest BCUT2D eigenvalue weighted by Crippen LogP contribution is 2.11. The number of hydrogen-bond donors (Lipinski definition) is 4. The fourth-order valence-electron chi connectivity index (χ4n) is 0. The molecule has 0 aliphatic heterocycles. The van der Waals surface area contributed by atoms with E-state index in [4.69, 9.17) is 14.7 Å². The van der Waals surface area contributed by atoms with Crippen molar-refractivity contribution >= 4 is 18.0 Å². The van der Waals surface area contributed by atoms with Crippen LogP contribution in [0, 0.1) is 0 Å². The molecule has 0 bridgehead atoms. The molecule has 0 aliphatic rings. The van der Waals surface area contributed by atoms with Crippen molar-refractivity contribution in [2.75, 3.05) is 0 Å². The van der Waals surface area contributed by atoms with Gasteiger partial charge in [0.05, 0.1) is 0 Å². The molecule has 0 amide bonds. The van der Waals surface area contributed by atoms with E-state index >= 15 is 0 Å². The van der Waals surface area contributed by atoms with Gasteiger partial charge in [0.25, 0.3) is 0 Å². The Hall–Kier alpha value is 0.700. The molecule has 1 unspecified atom stereocenters. The smallest absolute Gasteiger partial charge is 0.324 e. The molecule has 0 spiro atoms. The van der Waals surface area contributed by atoms with Crippen LogP contribution < -0.4 is 5.50 Å². The maximum atomic E-state index is 7.23. The van der Waals surface area contributed by atoms with E-state index in [1.54, 1.807) is 0 Å². The van der Waals surface area contributed by atoms with Gasteiger partial charge in [-0.3, -0.25) is 0 Å². The Morgan fingerprint density at radius 3 is 1.17 bits per heavy atom. The van der Waals surface area contributed by atoms with Crippen LogP contribution in [0.5, 0.6) is 0 Å². The Morgan fingerprint density at radius 1 is 1.17 bits per heavy atom. The average molecular weight is 131 g/mol. The van der Waals surface area contributed by atoms with E-state index in [1.807, 2.05) is 9.39 Å². The van der Waals surface area contributed by atoms with Crippen molar-refractivity contribution in [3.63, 3.8) is 0 Å². The molecule has 0 aromatic rings. The van der Waals surface area contributed by atoms with E-state index in [0.29, 0.717) is 0 Å². The van der Waals surface area contributed by atoms with Crippen LogP contribution in [-0.2, 0) is 0 Å². The maximum absolute atomic E-state index is 7.23. The van der Waals surface area contributed by atoms with Crippen LogP contribution in [0.15, 0.2) is 0 Å². The lowest BCUT2D eigenvalue weighted by atomic mass is 13.9. The monoisotopic (exact) mass is 131 g/mol. The van der Waals surface area contributed by atoms with Crippen LogP contribution in [0.1, 0.15) is 0 Å². The number of rotatable bonds is 0. The number of hydrogen-bond acceptors (Lipinski definition) is 4. The molecule has 6 heavy (non-hydrogen) atoms. The summed E-state index contributed by atoms with van der Waals surface area (Å²) in [6.07, 6.45) is 0. The van der Waals surface area contributed by atoms with Gasteiger partial charge in [-0.05, 0) is 0 Å². The third kappa shape index (κ3) is 131. The third-order valence-corrected chi connectivity index (χ3v) is 0. The van der Waals surface area contributed by atoms with Gasteiger partial charge in [0.2, 0.25) is 0 Å². The minimum Gasteiger partial charge on any atom is -0.328 e. The lowest BCUT2D eigenvalue weighted by molar-refractivity contribution is 0.368. The second-order valence-electron chi connectivity index (χ2n) is 0.268. The van der Waals surface area contributed by atoms with Crippen molar-refractivity contribution in [3.05, 3.63) is 0 Å². The molecule has 6 heteroatoms. The summed E-state index contributed by atoms with van der Waals surface area (Å²) in [7, 11) is -0.704. The zero-order chi connectivity index (χ0) is 5.58. The Balaban J connectivity index is 0. The minimum absolute atomic E-state index is 1.92. The van der Waals surface area contributed by atoms with Crippen LogP contribution in [0.25, 0.3) is 0 Å². The van der Waals surface area contributed by atoms with Gasteiger partial charge < -0.3 is 20.2 Å². The van der Waals surface area contributed by atoms with Gasteiger partial charge in [0.15, 0.2) is 0 Å². The Labute approximate surface area is 39.2 Å². The van der Waals surface area contributed by atoms with Crippen LogP contribution in [0.2, 0.25) is 0 Å². The van der Waals surface area contributed by atoms with Crippen LogP contribution >= 0.6 is 18.0 Å². The Kier molecular flexibility index (Phi) is 15.1. The SMILES string of the molecule is NP.OP(O)O.